The van der Waals surface area contributed by atoms with E-state index in [1.807, 2.05) is 32.0 Å². The van der Waals surface area contributed by atoms with E-state index in [1.54, 1.807) is 11.3 Å². The van der Waals surface area contributed by atoms with Gasteiger partial charge in [-0.1, -0.05) is 29.5 Å². The number of thioether (sulfide) groups is 1. The fourth-order valence-corrected chi connectivity index (χ4v) is 4.58. The van der Waals surface area contributed by atoms with Gasteiger partial charge in [-0.05, 0) is 50.1 Å². The van der Waals surface area contributed by atoms with Crippen LogP contribution in [0, 0.1) is 20.8 Å². The van der Waals surface area contributed by atoms with Gasteiger partial charge in [-0.15, -0.1) is 11.3 Å². The van der Waals surface area contributed by atoms with Gasteiger partial charge in [-0.3, -0.25) is 4.79 Å². The molecule has 0 aliphatic carbocycles. The number of carbonyl (C=O) groups is 1. The lowest BCUT2D eigenvalue weighted by molar-refractivity contribution is -0.113. The Bertz CT molecular complexity index is 895. The van der Waals surface area contributed by atoms with Crippen molar-refractivity contribution in [1.82, 2.24) is 4.98 Å². The summed E-state index contributed by atoms with van der Waals surface area (Å²) in [5.74, 6) is 0.316. The lowest BCUT2D eigenvalue weighted by Crippen LogP contribution is -2.15. The van der Waals surface area contributed by atoms with Crippen LogP contribution in [0.4, 0.5) is 11.4 Å². The van der Waals surface area contributed by atoms with Crippen LogP contribution in [-0.4, -0.2) is 16.6 Å². The zero-order chi connectivity index (χ0) is 17.3. The molecule has 24 heavy (non-hydrogen) atoms. The number of nitrogens with two attached hydrogens (primary N) is 1. The largest absolute Gasteiger partial charge is 0.399 e. The number of benzene rings is 2. The van der Waals surface area contributed by atoms with Gasteiger partial charge in [0, 0.05) is 11.4 Å². The van der Waals surface area contributed by atoms with Gasteiger partial charge in [0.15, 0.2) is 4.34 Å². The Morgan fingerprint density at radius 1 is 1.21 bits per heavy atom. The highest BCUT2D eigenvalue weighted by atomic mass is 32.2. The number of rotatable bonds is 4. The molecule has 0 aliphatic heterocycles. The summed E-state index contributed by atoms with van der Waals surface area (Å²) in [5, 5.41) is 3.02. The molecule has 6 heteroatoms. The van der Waals surface area contributed by atoms with E-state index in [0.29, 0.717) is 5.75 Å². The molecular weight excluding hydrogens is 338 g/mol. The summed E-state index contributed by atoms with van der Waals surface area (Å²) in [6.45, 7) is 6.09. The maximum atomic E-state index is 12.3. The van der Waals surface area contributed by atoms with Crippen LogP contribution in [0.1, 0.15) is 16.7 Å². The van der Waals surface area contributed by atoms with Crippen molar-refractivity contribution in [3.8, 4) is 0 Å². The maximum absolute atomic E-state index is 12.3. The summed E-state index contributed by atoms with van der Waals surface area (Å²) in [4.78, 5) is 16.8. The van der Waals surface area contributed by atoms with Gasteiger partial charge in [0.2, 0.25) is 5.91 Å². The molecule has 0 aliphatic rings. The van der Waals surface area contributed by atoms with Crippen molar-refractivity contribution in [3.05, 3.63) is 47.0 Å². The Balaban J connectivity index is 1.67. The normalized spacial score (nSPS) is 11.0. The van der Waals surface area contributed by atoms with Gasteiger partial charge >= 0.3 is 0 Å². The first-order valence-electron chi connectivity index (χ1n) is 7.59. The minimum atomic E-state index is -0.0196. The summed E-state index contributed by atoms with van der Waals surface area (Å²) in [6, 6.07) is 9.81. The molecule has 0 atom stereocenters. The Kier molecular flexibility index (Phi) is 4.78. The van der Waals surface area contributed by atoms with E-state index < -0.39 is 0 Å². The second-order valence-corrected chi connectivity index (χ2v) is 8.07. The standard InChI is InChI=1S/C18H19N3OS2/c1-10-6-11(2)17(12(3)7-10)21-16(22)9-23-18-20-14-5-4-13(19)8-15(14)24-18/h4-8H,9,19H2,1-3H3,(H,21,22). The lowest BCUT2D eigenvalue weighted by Gasteiger charge is -2.12. The monoisotopic (exact) mass is 357 g/mol. The van der Waals surface area contributed by atoms with Gasteiger partial charge in [0.25, 0.3) is 0 Å². The summed E-state index contributed by atoms with van der Waals surface area (Å²) in [5.41, 5.74) is 11.7. The van der Waals surface area contributed by atoms with E-state index >= 15 is 0 Å². The number of hydrogen-bond donors (Lipinski definition) is 2. The quantitative estimate of drug-likeness (QED) is 0.531. The Labute approximate surface area is 149 Å². The molecule has 3 aromatic rings. The molecule has 0 unspecified atom stereocenters. The minimum absolute atomic E-state index is 0.0196. The van der Waals surface area contributed by atoms with Crippen molar-refractivity contribution < 1.29 is 4.79 Å². The highest BCUT2D eigenvalue weighted by Crippen LogP contribution is 2.31. The van der Waals surface area contributed by atoms with Crippen molar-refractivity contribution in [2.45, 2.75) is 25.1 Å². The number of aromatic nitrogens is 1. The van der Waals surface area contributed by atoms with Crippen molar-refractivity contribution in [1.29, 1.82) is 0 Å². The highest BCUT2D eigenvalue weighted by molar-refractivity contribution is 8.01. The van der Waals surface area contributed by atoms with Crippen molar-refractivity contribution in [2.24, 2.45) is 0 Å². The molecule has 0 spiro atoms. The van der Waals surface area contributed by atoms with Gasteiger partial charge in [0.05, 0.1) is 16.0 Å². The molecule has 0 radical (unpaired) electrons. The minimum Gasteiger partial charge on any atom is -0.399 e. The van der Waals surface area contributed by atoms with Crippen LogP contribution < -0.4 is 11.1 Å². The number of thiazole rings is 1. The molecule has 4 nitrogen and oxygen atoms in total. The molecule has 1 amide bonds. The van der Waals surface area contributed by atoms with E-state index in [4.69, 9.17) is 5.73 Å². The molecular formula is C18H19N3OS2. The van der Waals surface area contributed by atoms with Gasteiger partial charge < -0.3 is 11.1 Å². The fraction of sp³-hybridized carbons (Fsp3) is 0.222. The smallest absolute Gasteiger partial charge is 0.234 e. The van der Waals surface area contributed by atoms with E-state index in [1.165, 1.54) is 17.3 Å². The predicted molar refractivity (Wildman–Crippen MR) is 104 cm³/mol. The molecule has 1 aromatic heterocycles. The third-order valence-corrected chi connectivity index (χ3v) is 5.82. The third kappa shape index (κ3) is 3.71. The SMILES string of the molecule is Cc1cc(C)c(NC(=O)CSc2nc3ccc(N)cc3s2)c(C)c1. The van der Waals surface area contributed by atoms with Crippen LogP contribution in [0.2, 0.25) is 0 Å². The topological polar surface area (TPSA) is 68.0 Å². The number of aryl methyl sites for hydroxylation is 3. The first-order valence-corrected chi connectivity index (χ1v) is 9.39. The van der Waals surface area contributed by atoms with E-state index in [2.05, 4.69) is 29.4 Å². The van der Waals surface area contributed by atoms with E-state index in [0.717, 1.165) is 37.1 Å². The first-order chi connectivity index (χ1) is 11.4. The summed E-state index contributed by atoms with van der Waals surface area (Å²) < 4.78 is 1.92. The van der Waals surface area contributed by atoms with Crippen LogP contribution >= 0.6 is 23.1 Å². The zero-order valence-electron chi connectivity index (χ0n) is 13.8. The summed E-state index contributed by atoms with van der Waals surface area (Å²) >= 11 is 3.01. The average Bonchev–Trinajstić information content (AvgIpc) is 2.90. The fourth-order valence-electron chi connectivity index (χ4n) is 2.66. The van der Waals surface area contributed by atoms with Crippen LogP contribution in [0.5, 0.6) is 0 Å². The zero-order valence-corrected chi connectivity index (χ0v) is 15.5. The molecule has 0 saturated heterocycles. The molecule has 0 bridgehead atoms. The van der Waals surface area contributed by atoms with Crippen LogP contribution in [0.15, 0.2) is 34.7 Å². The summed E-state index contributed by atoms with van der Waals surface area (Å²) in [7, 11) is 0. The molecule has 0 saturated carbocycles. The first kappa shape index (κ1) is 16.8. The van der Waals surface area contributed by atoms with Gasteiger partial charge in [-0.2, -0.15) is 0 Å². The highest BCUT2D eigenvalue weighted by Gasteiger charge is 2.11. The van der Waals surface area contributed by atoms with Crippen molar-refractivity contribution >= 4 is 50.6 Å². The third-order valence-electron chi connectivity index (χ3n) is 3.66. The van der Waals surface area contributed by atoms with Crippen molar-refractivity contribution in [2.75, 3.05) is 16.8 Å². The van der Waals surface area contributed by atoms with Gasteiger partial charge in [0.1, 0.15) is 0 Å². The van der Waals surface area contributed by atoms with Crippen LogP contribution in [-0.2, 0) is 4.79 Å². The molecule has 1 heterocycles. The number of amides is 1. The predicted octanol–water partition coefficient (Wildman–Crippen LogP) is 4.53. The second-order valence-electron chi connectivity index (χ2n) is 5.82. The number of carbonyl (C=O) groups excluding carboxylic acids is 1. The lowest BCUT2D eigenvalue weighted by atomic mass is 10.1. The molecule has 124 valence electrons. The number of nitrogen functional groups attached to an aromatic ring is 1. The maximum Gasteiger partial charge on any atom is 0.234 e. The Morgan fingerprint density at radius 2 is 1.92 bits per heavy atom. The molecule has 3 N–H and O–H groups in total. The molecule has 0 fully saturated rings. The van der Waals surface area contributed by atoms with Crippen molar-refractivity contribution in [3.63, 3.8) is 0 Å². The average molecular weight is 358 g/mol. The number of anilines is 2. The Morgan fingerprint density at radius 3 is 2.62 bits per heavy atom. The second kappa shape index (κ2) is 6.83. The summed E-state index contributed by atoms with van der Waals surface area (Å²) in [6.07, 6.45) is 0. The number of nitrogens with one attached hydrogen (secondary N) is 1. The number of hydrogen-bond acceptors (Lipinski definition) is 5. The molecule has 3 rings (SSSR count). The molecule has 2 aromatic carbocycles. The number of fused-ring (bicyclic) bond motifs is 1. The van der Waals surface area contributed by atoms with E-state index in [-0.39, 0.29) is 5.91 Å². The van der Waals surface area contributed by atoms with Crippen LogP contribution in [0.25, 0.3) is 10.2 Å². The van der Waals surface area contributed by atoms with E-state index in [9.17, 15) is 4.79 Å². The van der Waals surface area contributed by atoms with Crippen LogP contribution in [0.3, 0.4) is 0 Å². The Hall–Kier alpha value is -2.05. The van der Waals surface area contributed by atoms with Gasteiger partial charge in [-0.25, -0.2) is 4.98 Å². The number of nitrogens with zero attached hydrogens (tertiary/aromatic N) is 1.